The predicted molar refractivity (Wildman–Crippen MR) is 73.4 cm³/mol. The molecule has 0 saturated heterocycles. The Morgan fingerprint density at radius 1 is 1.33 bits per heavy atom. The molecule has 4 N–H and O–H groups in total. The summed E-state index contributed by atoms with van der Waals surface area (Å²) in [5.41, 5.74) is 8.90. The average Bonchev–Trinajstić information content (AvgIpc) is 2.95. The normalized spacial score (nSPS) is 10.9. The molecule has 5 heteroatoms. The minimum atomic E-state index is 0.525. The Bertz CT molecular complexity index is 667. The molecule has 3 aromatic rings. The van der Waals surface area contributed by atoms with Crippen molar-refractivity contribution < 1.29 is 0 Å². The van der Waals surface area contributed by atoms with Gasteiger partial charge in [-0.3, -0.25) is 5.10 Å². The van der Waals surface area contributed by atoms with E-state index in [0.29, 0.717) is 5.82 Å². The number of rotatable bonds is 3. The van der Waals surface area contributed by atoms with Gasteiger partial charge in [-0.05, 0) is 6.07 Å². The van der Waals surface area contributed by atoms with Crippen molar-refractivity contribution in [3.63, 3.8) is 0 Å². The molecule has 0 aliphatic rings. The number of H-pyrrole nitrogens is 2. The summed E-state index contributed by atoms with van der Waals surface area (Å²) in [6, 6.07) is 10.1. The summed E-state index contributed by atoms with van der Waals surface area (Å²) in [6.07, 6.45) is 2.02. The Morgan fingerprint density at radius 3 is 2.94 bits per heavy atom. The van der Waals surface area contributed by atoms with E-state index in [4.69, 9.17) is 5.73 Å². The topological polar surface area (TPSA) is 73.7 Å². The van der Waals surface area contributed by atoms with Crippen molar-refractivity contribution >= 4 is 22.4 Å². The molecule has 1 aromatic carbocycles. The van der Waals surface area contributed by atoms with Gasteiger partial charge in [0.2, 0.25) is 0 Å². The Labute approximate surface area is 105 Å². The van der Waals surface area contributed by atoms with Crippen molar-refractivity contribution in [2.24, 2.45) is 0 Å². The number of para-hydroxylation sites is 1. The molecule has 5 nitrogen and oxygen atoms in total. The molecule has 0 fully saturated rings. The van der Waals surface area contributed by atoms with Crippen LogP contribution in [-0.2, 0) is 6.54 Å². The lowest BCUT2D eigenvalue weighted by atomic mass is 10.2. The molecule has 0 bridgehead atoms. The van der Waals surface area contributed by atoms with Gasteiger partial charge < -0.3 is 15.6 Å². The van der Waals surface area contributed by atoms with E-state index < -0.39 is 0 Å². The van der Waals surface area contributed by atoms with E-state index in [1.54, 1.807) is 0 Å². The van der Waals surface area contributed by atoms with Gasteiger partial charge in [0, 0.05) is 30.2 Å². The summed E-state index contributed by atoms with van der Waals surface area (Å²) < 4.78 is 0. The fourth-order valence-electron chi connectivity index (χ4n) is 2.17. The third-order valence-electron chi connectivity index (χ3n) is 3.04. The molecule has 2 heterocycles. The maximum Gasteiger partial charge on any atom is 0.145 e. The first-order valence-electron chi connectivity index (χ1n) is 5.81. The van der Waals surface area contributed by atoms with Crippen LogP contribution in [0.2, 0.25) is 0 Å². The second kappa shape index (κ2) is 4.10. The SMILES string of the molecule is CN(Cc1cc(N)n[nH]1)c1c[nH]c2ccccc12. The van der Waals surface area contributed by atoms with E-state index in [2.05, 4.69) is 32.2 Å². The highest BCUT2D eigenvalue weighted by atomic mass is 15.2. The first-order valence-corrected chi connectivity index (χ1v) is 5.81. The Hall–Kier alpha value is -2.43. The van der Waals surface area contributed by atoms with Gasteiger partial charge in [-0.2, -0.15) is 5.10 Å². The maximum atomic E-state index is 5.60. The van der Waals surface area contributed by atoms with E-state index in [1.165, 1.54) is 11.1 Å². The quantitative estimate of drug-likeness (QED) is 0.657. The number of anilines is 2. The van der Waals surface area contributed by atoms with E-state index in [1.807, 2.05) is 31.4 Å². The number of aromatic nitrogens is 3. The summed E-state index contributed by atoms with van der Waals surface area (Å²) in [5.74, 6) is 0.525. The van der Waals surface area contributed by atoms with Gasteiger partial charge in [0.15, 0.2) is 0 Å². The number of nitrogen functional groups attached to an aromatic ring is 1. The predicted octanol–water partition coefficient (Wildman–Crippen LogP) is 2.11. The third-order valence-corrected chi connectivity index (χ3v) is 3.04. The highest BCUT2D eigenvalue weighted by molar-refractivity contribution is 5.92. The molecule has 0 aliphatic heterocycles. The molecule has 0 radical (unpaired) electrons. The van der Waals surface area contributed by atoms with Crippen LogP contribution in [0.25, 0.3) is 10.9 Å². The maximum absolute atomic E-state index is 5.60. The van der Waals surface area contributed by atoms with E-state index in [-0.39, 0.29) is 0 Å². The van der Waals surface area contributed by atoms with Gasteiger partial charge in [-0.1, -0.05) is 18.2 Å². The van der Waals surface area contributed by atoms with Crippen LogP contribution in [0.1, 0.15) is 5.69 Å². The molecule has 2 aromatic heterocycles. The van der Waals surface area contributed by atoms with Gasteiger partial charge in [-0.25, -0.2) is 0 Å². The number of fused-ring (bicyclic) bond motifs is 1. The standard InChI is InChI=1S/C13H15N5/c1-18(8-9-6-13(14)17-16-9)12-7-15-11-5-3-2-4-10(11)12/h2-7,15H,8H2,1H3,(H3,14,16,17). The first-order chi connectivity index (χ1) is 8.74. The summed E-state index contributed by atoms with van der Waals surface area (Å²) in [5, 5.41) is 8.07. The summed E-state index contributed by atoms with van der Waals surface area (Å²) >= 11 is 0. The zero-order valence-corrected chi connectivity index (χ0v) is 10.1. The molecule has 3 rings (SSSR count). The second-order valence-corrected chi connectivity index (χ2v) is 4.39. The Balaban J connectivity index is 1.90. The minimum absolute atomic E-state index is 0.525. The van der Waals surface area contributed by atoms with Crippen LogP contribution >= 0.6 is 0 Å². The highest BCUT2D eigenvalue weighted by Gasteiger charge is 2.09. The fraction of sp³-hybridized carbons (Fsp3) is 0.154. The lowest BCUT2D eigenvalue weighted by Crippen LogP contribution is -2.16. The van der Waals surface area contributed by atoms with Crippen LogP contribution in [0.15, 0.2) is 36.5 Å². The van der Waals surface area contributed by atoms with Crippen LogP contribution < -0.4 is 10.6 Å². The highest BCUT2D eigenvalue weighted by Crippen LogP contribution is 2.26. The molecule has 18 heavy (non-hydrogen) atoms. The molecular weight excluding hydrogens is 226 g/mol. The molecule has 0 amide bonds. The van der Waals surface area contributed by atoms with Crippen molar-refractivity contribution in [2.45, 2.75) is 6.54 Å². The summed E-state index contributed by atoms with van der Waals surface area (Å²) in [7, 11) is 2.05. The smallest absolute Gasteiger partial charge is 0.145 e. The first kappa shape index (κ1) is 10.7. The van der Waals surface area contributed by atoms with Gasteiger partial charge >= 0.3 is 0 Å². The van der Waals surface area contributed by atoms with Crippen LogP contribution in [0.5, 0.6) is 0 Å². The number of hydrogen-bond acceptors (Lipinski definition) is 3. The lowest BCUT2D eigenvalue weighted by Gasteiger charge is -2.17. The van der Waals surface area contributed by atoms with E-state index >= 15 is 0 Å². The molecule has 92 valence electrons. The summed E-state index contributed by atoms with van der Waals surface area (Å²) in [4.78, 5) is 5.43. The fourth-order valence-corrected chi connectivity index (χ4v) is 2.17. The molecular formula is C13H15N5. The van der Waals surface area contributed by atoms with Gasteiger partial charge in [0.1, 0.15) is 5.82 Å². The number of hydrogen-bond donors (Lipinski definition) is 3. The Kier molecular flexibility index (Phi) is 2.44. The van der Waals surface area contributed by atoms with Crippen molar-refractivity contribution in [2.75, 3.05) is 17.7 Å². The minimum Gasteiger partial charge on any atom is -0.382 e. The molecule has 0 aliphatic carbocycles. The molecule has 0 atom stereocenters. The van der Waals surface area contributed by atoms with Crippen LogP contribution in [-0.4, -0.2) is 22.2 Å². The van der Waals surface area contributed by atoms with Crippen molar-refractivity contribution in [1.82, 2.24) is 15.2 Å². The number of aromatic amines is 2. The van der Waals surface area contributed by atoms with Crippen molar-refractivity contribution in [3.05, 3.63) is 42.2 Å². The zero-order chi connectivity index (χ0) is 12.5. The number of nitrogens with zero attached hydrogens (tertiary/aromatic N) is 2. The average molecular weight is 241 g/mol. The van der Waals surface area contributed by atoms with Crippen molar-refractivity contribution in [3.8, 4) is 0 Å². The molecule has 0 spiro atoms. The summed E-state index contributed by atoms with van der Waals surface area (Å²) in [6.45, 7) is 0.742. The largest absolute Gasteiger partial charge is 0.382 e. The molecule has 0 unspecified atom stereocenters. The van der Waals surface area contributed by atoms with Crippen molar-refractivity contribution in [1.29, 1.82) is 0 Å². The second-order valence-electron chi connectivity index (χ2n) is 4.39. The Morgan fingerprint density at radius 2 is 2.17 bits per heavy atom. The van der Waals surface area contributed by atoms with Crippen LogP contribution in [0.4, 0.5) is 11.5 Å². The van der Waals surface area contributed by atoms with Crippen LogP contribution in [0.3, 0.4) is 0 Å². The third kappa shape index (κ3) is 1.79. The van der Waals surface area contributed by atoms with Gasteiger partial charge in [-0.15, -0.1) is 0 Å². The zero-order valence-electron chi connectivity index (χ0n) is 10.1. The van der Waals surface area contributed by atoms with Gasteiger partial charge in [0.25, 0.3) is 0 Å². The van der Waals surface area contributed by atoms with Gasteiger partial charge in [0.05, 0.1) is 17.9 Å². The van der Waals surface area contributed by atoms with Crippen LogP contribution in [0, 0.1) is 0 Å². The lowest BCUT2D eigenvalue weighted by molar-refractivity contribution is 0.873. The number of nitrogens with one attached hydrogen (secondary N) is 2. The van der Waals surface area contributed by atoms with E-state index in [9.17, 15) is 0 Å². The number of benzene rings is 1. The molecule has 0 saturated carbocycles. The monoisotopic (exact) mass is 241 g/mol. The van der Waals surface area contributed by atoms with E-state index in [0.717, 1.165) is 17.8 Å². The number of nitrogens with two attached hydrogens (primary N) is 1.